The Morgan fingerprint density at radius 3 is 2.52 bits per heavy atom. The summed E-state index contributed by atoms with van der Waals surface area (Å²) in [6.45, 7) is 5.27. The summed E-state index contributed by atoms with van der Waals surface area (Å²) in [7, 11) is 0. The molecule has 0 radical (unpaired) electrons. The van der Waals surface area contributed by atoms with Crippen molar-refractivity contribution < 1.29 is 14.4 Å². The summed E-state index contributed by atoms with van der Waals surface area (Å²) in [5, 5.41) is 2.73. The Morgan fingerprint density at radius 1 is 1.24 bits per heavy atom. The second kappa shape index (κ2) is 5.85. The maximum Gasteiger partial charge on any atom is 0.224 e. The van der Waals surface area contributed by atoms with Gasteiger partial charge in [0.05, 0.1) is 6.42 Å². The number of fused-ring (bicyclic) bond motifs is 1. The first-order valence-electron chi connectivity index (χ1n) is 6.73. The Morgan fingerprint density at radius 2 is 1.90 bits per heavy atom. The first-order valence-corrected chi connectivity index (χ1v) is 7.18. The minimum absolute atomic E-state index is 0.0134. The van der Waals surface area contributed by atoms with Crippen molar-refractivity contribution in [1.82, 2.24) is 5.32 Å². The maximum absolute atomic E-state index is 12.6. The lowest BCUT2D eigenvalue weighted by molar-refractivity contribution is -0.120. The van der Waals surface area contributed by atoms with Crippen LogP contribution in [0.5, 0.6) is 0 Å². The Bertz CT molecular complexity index is 674. The molecule has 1 aromatic carbocycles. The zero-order chi connectivity index (χ0) is 15.7. The maximum atomic E-state index is 12.6. The minimum Gasteiger partial charge on any atom is -0.354 e. The highest BCUT2D eigenvalue weighted by atomic mass is 32.1. The van der Waals surface area contributed by atoms with Gasteiger partial charge in [0.15, 0.2) is 11.6 Å². The highest BCUT2D eigenvalue weighted by molar-refractivity contribution is 7.80. The predicted octanol–water partition coefficient (Wildman–Crippen LogP) is 2.59. The van der Waals surface area contributed by atoms with E-state index in [0.29, 0.717) is 21.6 Å². The number of benzene rings is 1. The molecule has 1 aromatic rings. The van der Waals surface area contributed by atoms with E-state index in [2.05, 4.69) is 17.9 Å². The molecule has 0 saturated heterocycles. The number of hydrogen-bond acceptors (Lipinski definition) is 4. The number of ketones is 2. The molecule has 1 N–H and O–H groups in total. The molecule has 0 bridgehead atoms. The van der Waals surface area contributed by atoms with Crippen molar-refractivity contribution in [3.63, 3.8) is 0 Å². The second-order valence-corrected chi connectivity index (χ2v) is 5.84. The van der Waals surface area contributed by atoms with E-state index in [4.69, 9.17) is 0 Å². The molecule has 2 rings (SSSR count). The van der Waals surface area contributed by atoms with Gasteiger partial charge in [-0.15, -0.1) is 12.6 Å². The van der Waals surface area contributed by atoms with Gasteiger partial charge >= 0.3 is 0 Å². The number of carbonyl (C=O) groups is 3. The van der Waals surface area contributed by atoms with E-state index in [0.717, 1.165) is 0 Å². The van der Waals surface area contributed by atoms with Crippen molar-refractivity contribution in [2.75, 3.05) is 0 Å². The first-order chi connectivity index (χ1) is 9.82. The predicted molar refractivity (Wildman–Crippen MR) is 83.0 cm³/mol. The molecule has 1 aliphatic rings. The quantitative estimate of drug-likeness (QED) is 0.844. The molecule has 5 heteroatoms. The third kappa shape index (κ3) is 2.93. The van der Waals surface area contributed by atoms with Gasteiger partial charge in [0, 0.05) is 33.2 Å². The smallest absolute Gasteiger partial charge is 0.224 e. The molecule has 0 saturated carbocycles. The van der Waals surface area contributed by atoms with Crippen molar-refractivity contribution in [2.24, 2.45) is 0 Å². The summed E-state index contributed by atoms with van der Waals surface area (Å²) in [6.07, 6.45) is -0.0872. The van der Waals surface area contributed by atoms with Crippen LogP contribution in [-0.2, 0) is 4.79 Å². The van der Waals surface area contributed by atoms with Crippen LogP contribution in [0.2, 0.25) is 0 Å². The van der Waals surface area contributed by atoms with Crippen LogP contribution in [0.3, 0.4) is 0 Å². The van der Waals surface area contributed by atoms with E-state index in [1.54, 1.807) is 25.1 Å². The number of thiol groups is 1. The SMILES string of the molecule is CC1=C(CC(=O)NC(C)C)C(=O)c2c(S)cccc2C1=O. The summed E-state index contributed by atoms with van der Waals surface area (Å²) < 4.78 is 0. The lowest BCUT2D eigenvalue weighted by atomic mass is 9.83. The highest BCUT2D eigenvalue weighted by Crippen LogP contribution is 2.31. The fraction of sp³-hybridized carbons (Fsp3) is 0.312. The molecule has 110 valence electrons. The molecule has 1 aliphatic carbocycles. The largest absolute Gasteiger partial charge is 0.354 e. The molecule has 0 unspecified atom stereocenters. The fourth-order valence-corrected chi connectivity index (χ4v) is 2.68. The van der Waals surface area contributed by atoms with E-state index >= 15 is 0 Å². The van der Waals surface area contributed by atoms with E-state index in [1.807, 2.05) is 13.8 Å². The van der Waals surface area contributed by atoms with Crippen molar-refractivity contribution in [2.45, 2.75) is 38.1 Å². The van der Waals surface area contributed by atoms with Gasteiger partial charge in [-0.3, -0.25) is 14.4 Å². The normalized spacial score (nSPS) is 14.5. The Hall–Kier alpha value is -1.88. The average molecular weight is 303 g/mol. The second-order valence-electron chi connectivity index (χ2n) is 5.36. The summed E-state index contributed by atoms with van der Waals surface area (Å²) in [5.41, 5.74) is 1.25. The Labute approximate surface area is 129 Å². The molecule has 21 heavy (non-hydrogen) atoms. The third-order valence-electron chi connectivity index (χ3n) is 3.37. The number of amides is 1. The highest BCUT2D eigenvalue weighted by Gasteiger charge is 2.32. The van der Waals surface area contributed by atoms with Gasteiger partial charge < -0.3 is 5.32 Å². The number of nitrogens with one attached hydrogen (secondary N) is 1. The zero-order valence-electron chi connectivity index (χ0n) is 12.2. The molecule has 0 aliphatic heterocycles. The molecule has 4 nitrogen and oxygen atoms in total. The average Bonchev–Trinajstić information content (AvgIpc) is 2.40. The minimum atomic E-state index is -0.286. The molecule has 0 atom stereocenters. The molecule has 0 aromatic heterocycles. The third-order valence-corrected chi connectivity index (χ3v) is 3.74. The topological polar surface area (TPSA) is 63.2 Å². The van der Waals surface area contributed by atoms with E-state index in [9.17, 15) is 14.4 Å². The molecule has 1 amide bonds. The van der Waals surface area contributed by atoms with Crippen LogP contribution < -0.4 is 5.32 Å². The molecule has 0 fully saturated rings. The number of allylic oxidation sites excluding steroid dienone is 1. The van der Waals surface area contributed by atoms with Gasteiger partial charge in [-0.25, -0.2) is 0 Å². The van der Waals surface area contributed by atoms with Crippen LogP contribution in [0.1, 0.15) is 47.9 Å². The van der Waals surface area contributed by atoms with Gasteiger partial charge in [0.2, 0.25) is 5.91 Å². The van der Waals surface area contributed by atoms with Crippen LogP contribution in [-0.4, -0.2) is 23.5 Å². The van der Waals surface area contributed by atoms with Gasteiger partial charge in [0.1, 0.15) is 0 Å². The van der Waals surface area contributed by atoms with Gasteiger partial charge in [-0.05, 0) is 26.8 Å². The van der Waals surface area contributed by atoms with Crippen molar-refractivity contribution >= 4 is 30.1 Å². The number of rotatable bonds is 3. The van der Waals surface area contributed by atoms with Crippen molar-refractivity contribution in [1.29, 1.82) is 0 Å². The number of Topliss-reactive ketones (excluding diaryl/α,β-unsaturated/α-hetero) is 2. The van der Waals surface area contributed by atoms with Gasteiger partial charge in [-0.2, -0.15) is 0 Å². The zero-order valence-corrected chi connectivity index (χ0v) is 13.1. The van der Waals surface area contributed by atoms with Crippen LogP contribution >= 0.6 is 12.6 Å². The van der Waals surface area contributed by atoms with Crippen LogP contribution in [0.25, 0.3) is 0 Å². The summed E-state index contributed by atoms with van der Waals surface area (Å²) in [5.74, 6) is -0.764. The molecule has 0 spiro atoms. The van der Waals surface area contributed by atoms with Gasteiger partial charge in [-0.1, -0.05) is 12.1 Å². The lowest BCUT2D eigenvalue weighted by Gasteiger charge is -2.20. The van der Waals surface area contributed by atoms with E-state index in [-0.39, 0.29) is 35.5 Å². The lowest BCUT2D eigenvalue weighted by Crippen LogP contribution is -2.32. The first kappa shape index (κ1) is 15.5. The van der Waals surface area contributed by atoms with Gasteiger partial charge in [0.25, 0.3) is 0 Å². The van der Waals surface area contributed by atoms with Crippen molar-refractivity contribution in [3.8, 4) is 0 Å². The summed E-state index contributed by atoms with van der Waals surface area (Å²) in [4.78, 5) is 37.3. The Balaban J connectivity index is 2.42. The van der Waals surface area contributed by atoms with E-state index in [1.165, 1.54) is 0 Å². The molecule has 0 heterocycles. The van der Waals surface area contributed by atoms with Crippen LogP contribution in [0, 0.1) is 0 Å². The molecular weight excluding hydrogens is 286 g/mol. The van der Waals surface area contributed by atoms with E-state index < -0.39 is 0 Å². The Kier molecular flexibility index (Phi) is 4.32. The number of hydrogen-bond donors (Lipinski definition) is 2. The monoisotopic (exact) mass is 303 g/mol. The number of carbonyl (C=O) groups excluding carboxylic acids is 3. The summed E-state index contributed by atoms with van der Waals surface area (Å²) >= 11 is 4.26. The molecular formula is C16H17NO3S. The van der Waals surface area contributed by atoms with Crippen LogP contribution in [0.4, 0.5) is 0 Å². The van der Waals surface area contributed by atoms with Crippen LogP contribution in [0.15, 0.2) is 34.2 Å². The summed E-state index contributed by atoms with van der Waals surface area (Å²) in [6, 6.07) is 4.96. The fourth-order valence-electron chi connectivity index (χ4n) is 2.37. The van der Waals surface area contributed by atoms with Crippen molar-refractivity contribution in [3.05, 3.63) is 40.5 Å². The standard InChI is InChI=1S/C16H17NO3S/c1-8(2)17-13(18)7-11-9(3)15(19)10-5-4-6-12(21)14(10)16(11)20/h4-6,8,21H,7H2,1-3H3,(H,17,18).